The molecule has 0 bridgehead atoms. The van der Waals surface area contributed by atoms with Gasteiger partial charge in [0, 0.05) is 0 Å². The zero-order chi connectivity index (χ0) is 20.8. The highest BCUT2D eigenvalue weighted by molar-refractivity contribution is 5.25. The van der Waals surface area contributed by atoms with Gasteiger partial charge in [0.2, 0.25) is 0 Å². The fraction of sp³-hybridized carbons (Fsp3) is 0.929. The summed E-state index contributed by atoms with van der Waals surface area (Å²) in [5, 5.41) is 10.2. The van der Waals surface area contributed by atoms with Crippen molar-refractivity contribution in [3.8, 4) is 0 Å². The van der Waals surface area contributed by atoms with Crippen molar-refractivity contribution in [2.45, 2.75) is 118 Å². The van der Waals surface area contributed by atoms with Crippen molar-refractivity contribution in [2.24, 2.45) is 46.3 Å². The van der Waals surface area contributed by atoms with E-state index in [1.165, 1.54) is 64.2 Å². The van der Waals surface area contributed by atoms with Gasteiger partial charge in [-0.2, -0.15) is 0 Å². The lowest BCUT2D eigenvalue weighted by molar-refractivity contribution is -0.0510. The number of fused-ring (bicyclic) bond motifs is 5. The first-order chi connectivity index (χ1) is 13.8. The van der Waals surface area contributed by atoms with Crippen molar-refractivity contribution < 1.29 is 5.11 Å². The van der Waals surface area contributed by atoms with Crippen LogP contribution in [0.4, 0.5) is 0 Å². The number of aliphatic hydroxyl groups excluding tert-OH is 1. The van der Waals surface area contributed by atoms with Gasteiger partial charge in [-0.15, -0.1) is 0 Å². The molecule has 8 atom stereocenters. The van der Waals surface area contributed by atoms with Gasteiger partial charge < -0.3 is 5.11 Å². The predicted octanol–water partition coefficient (Wildman–Crippen LogP) is 7.78. The summed E-state index contributed by atoms with van der Waals surface area (Å²) in [6.45, 7) is 12.5. The van der Waals surface area contributed by atoms with Gasteiger partial charge in [0.1, 0.15) is 0 Å². The minimum absolute atomic E-state index is 0.0756. The van der Waals surface area contributed by atoms with Crippen LogP contribution in [0.3, 0.4) is 0 Å². The Labute approximate surface area is 181 Å². The van der Waals surface area contributed by atoms with Crippen LogP contribution in [0.5, 0.6) is 0 Å². The summed E-state index contributed by atoms with van der Waals surface area (Å²) in [5.41, 5.74) is 2.62. The number of allylic oxidation sites excluding steroid dienone is 1. The van der Waals surface area contributed by atoms with Gasteiger partial charge in [-0.1, -0.05) is 65.5 Å². The van der Waals surface area contributed by atoms with Gasteiger partial charge in [-0.05, 0) is 104 Å². The Morgan fingerprint density at radius 2 is 1.86 bits per heavy atom. The van der Waals surface area contributed by atoms with Crippen molar-refractivity contribution >= 4 is 0 Å². The molecule has 7 unspecified atom stereocenters. The largest absolute Gasteiger partial charge is 0.393 e. The molecular formula is C28H48O. The molecule has 166 valence electrons. The van der Waals surface area contributed by atoms with Gasteiger partial charge in [0.25, 0.3) is 0 Å². The third kappa shape index (κ3) is 3.77. The maximum Gasteiger partial charge on any atom is 0.0577 e. The first-order valence-corrected chi connectivity index (χ1v) is 13.2. The van der Waals surface area contributed by atoms with E-state index in [0.29, 0.717) is 10.8 Å². The lowest BCUT2D eigenvalue weighted by Gasteiger charge is -2.58. The topological polar surface area (TPSA) is 20.2 Å². The molecule has 4 aliphatic carbocycles. The Kier molecular flexibility index (Phi) is 6.29. The van der Waals surface area contributed by atoms with E-state index in [2.05, 4.69) is 40.7 Å². The summed E-state index contributed by atoms with van der Waals surface area (Å²) >= 11 is 0. The third-order valence-corrected chi connectivity index (χ3v) is 10.9. The minimum atomic E-state index is -0.0756. The van der Waals surface area contributed by atoms with E-state index in [0.717, 1.165) is 48.3 Å². The van der Waals surface area contributed by atoms with Crippen LogP contribution in [0, 0.1) is 46.3 Å². The maximum atomic E-state index is 10.2. The van der Waals surface area contributed by atoms with Crippen molar-refractivity contribution in [3.05, 3.63) is 11.6 Å². The molecule has 1 nitrogen and oxygen atoms in total. The van der Waals surface area contributed by atoms with Crippen LogP contribution in [0.1, 0.15) is 112 Å². The molecule has 0 aromatic heterocycles. The number of aliphatic hydroxyl groups is 1. The summed E-state index contributed by atoms with van der Waals surface area (Å²) in [6, 6.07) is 0. The van der Waals surface area contributed by atoms with E-state index in [9.17, 15) is 5.11 Å². The fourth-order valence-electron chi connectivity index (χ4n) is 8.86. The summed E-state index contributed by atoms with van der Waals surface area (Å²) in [6.07, 6.45) is 18.7. The van der Waals surface area contributed by atoms with E-state index in [1.54, 1.807) is 5.57 Å². The first-order valence-electron chi connectivity index (χ1n) is 13.2. The zero-order valence-electron chi connectivity index (χ0n) is 20.1. The molecule has 1 heteroatoms. The van der Waals surface area contributed by atoms with Crippen LogP contribution in [0.15, 0.2) is 11.6 Å². The highest BCUT2D eigenvalue weighted by Crippen LogP contribution is 2.66. The zero-order valence-corrected chi connectivity index (χ0v) is 20.1. The molecule has 29 heavy (non-hydrogen) atoms. The molecule has 1 N–H and O–H groups in total. The number of hydrogen-bond donors (Lipinski definition) is 1. The van der Waals surface area contributed by atoms with Gasteiger partial charge in [0.05, 0.1) is 6.10 Å². The Morgan fingerprint density at radius 1 is 1.07 bits per heavy atom. The van der Waals surface area contributed by atoms with Crippen LogP contribution < -0.4 is 0 Å². The van der Waals surface area contributed by atoms with Crippen molar-refractivity contribution in [1.29, 1.82) is 0 Å². The molecular weight excluding hydrogens is 352 g/mol. The molecule has 0 radical (unpaired) electrons. The summed E-state index contributed by atoms with van der Waals surface area (Å²) in [5.74, 6) is 5.52. The van der Waals surface area contributed by atoms with Gasteiger partial charge >= 0.3 is 0 Å². The van der Waals surface area contributed by atoms with Crippen molar-refractivity contribution in [1.82, 2.24) is 0 Å². The molecule has 0 saturated heterocycles. The van der Waals surface area contributed by atoms with E-state index in [4.69, 9.17) is 0 Å². The van der Waals surface area contributed by atoms with Crippen LogP contribution in [-0.2, 0) is 0 Å². The lowest BCUT2D eigenvalue weighted by atomic mass is 9.47. The summed E-state index contributed by atoms with van der Waals surface area (Å²) < 4.78 is 0. The predicted molar refractivity (Wildman–Crippen MR) is 124 cm³/mol. The number of rotatable bonds is 6. The molecule has 4 aliphatic rings. The molecule has 4 rings (SSSR count). The first kappa shape index (κ1) is 21.9. The standard InChI is InChI=1S/C28H48O/c1-6-20(19(2)3)8-7-9-21-11-13-25-24-12-10-22-18-23(29)14-16-28(22,5)26(24)15-17-27(21,25)4/h10,19-21,23-26,29H,6-9,11-18H2,1-5H3/t20?,21?,23?,24?,25-,26?,27?,28?/m0/s1. The smallest absolute Gasteiger partial charge is 0.0577 e. The highest BCUT2D eigenvalue weighted by Gasteiger charge is 2.58. The lowest BCUT2D eigenvalue weighted by Crippen LogP contribution is -2.50. The molecule has 0 heterocycles. The summed E-state index contributed by atoms with van der Waals surface area (Å²) in [4.78, 5) is 0. The molecule has 3 saturated carbocycles. The average Bonchev–Trinajstić information content (AvgIpc) is 3.02. The molecule has 0 spiro atoms. The summed E-state index contributed by atoms with van der Waals surface area (Å²) in [7, 11) is 0. The Balaban J connectivity index is 1.43. The average molecular weight is 401 g/mol. The monoisotopic (exact) mass is 400 g/mol. The van der Waals surface area contributed by atoms with E-state index >= 15 is 0 Å². The van der Waals surface area contributed by atoms with E-state index in [1.807, 2.05) is 0 Å². The number of hydrogen-bond acceptors (Lipinski definition) is 1. The second-order valence-electron chi connectivity index (χ2n) is 12.3. The molecule has 0 aromatic carbocycles. The fourth-order valence-corrected chi connectivity index (χ4v) is 8.86. The van der Waals surface area contributed by atoms with Crippen LogP contribution in [0.25, 0.3) is 0 Å². The Morgan fingerprint density at radius 3 is 2.59 bits per heavy atom. The second kappa shape index (κ2) is 8.33. The van der Waals surface area contributed by atoms with Gasteiger partial charge in [-0.25, -0.2) is 0 Å². The second-order valence-corrected chi connectivity index (χ2v) is 12.3. The SMILES string of the molecule is CCC(CCCC1CC[C@H]2C3CC=C4CC(O)CCC4(C)C3CCC12C)C(C)C. The van der Waals surface area contributed by atoms with Crippen LogP contribution in [-0.4, -0.2) is 11.2 Å². The van der Waals surface area contributed by atoms with E-state index in [-0.39, 0.29) is 6.10 Å². The van der Waals surface area contributed by atoms with Gasteiger partial charge in [0.15, 0.2) is 0 Å². The minimum Gasteiger partial charge on any atom is -0.393 e. The van der Waals surface area contributed by atoms with Gasteiger partial charge in [-0.3, -0.25) is 0 Å². The molecule has 0 aliphatic heterocycles. The molecule has 0 aromatic rings. The quantitative estimate of drug-likeness (QED) is 0.451. The van der Waals surface area contributed by atoms with Crippen molar-refractivity contribution in [3.63, 3.8) is 0 Å². The normalized spacial score (nSPS) is 45.3. The molecule has 3 fully saturated rings. The van der Waals surface area contributed by atoms with Crippen molar-refractivity contribution in [2.75, 3.05) is 0 Å². The Hall–Kier alpha value is -0.300. The Bertz CT molecular complexity index is 605. The maximum absolute atomic E-state index is 10.2. The van der Waals surface area contributed by atoms with Crippen LogP contribution >= 0.6 is 0 Å². The van der Waals surface area contributed by atoms with E-state index < -0.39 is 0 Å². The molecule has 0 amide bonds. The highest BCUT2D eigenvalue weighted by atomic mass is 16.3. The van der Waals surface area contributed by atoms with Crippen LogP contribution in [0.2, 0.25) is 0 Å². The third-order valence-electron chi connectivity index (χ3n) is 10.9.